The smallest absolute Gasteiger partial charge is 0.251 e. The molecule has 6 heteroatoms. The molecule has 1 amide bonds. The molecular weight excluding hydrogens is 340 g/mol. The van der Waals surface area contributed by atoms with Crippen LogP contribution in [0.25, 0.3) is 11.3 Å². The highest BCUT2D eigenvalue weighted by molar-refractivity contribution is 5.95. The van der Waals surface area contributed by atoms with Crippen molar-refractivity contribution in [1.82, 2.24) is 20.4 Å². The molecule has 0 saturated carbocycles. The molecule has 2 aromatic rings. The van der Waals surface area contributed by atoms with E-state index in [4.69, 9.17) is 0 Å². The number of hydrogen-bond acceptors (Lipinski definition) is 5. The van der Waals surface area contributed by atoms with Crippen LogP contribution in [0.5, 0.6) is 0 Å². The molecule has 1 aromatic heterocycles. The summed E-state index contributed by atoms with van der Waals surface area (Å²) >= 11 is 0. The summed E-state index contributed by atoms with van der Waals surface area (Å²) in [5.41, 5.74) is 2.99. The van der Waals surface area contributed by atoms with Gasteiger partial charge in [-0.3, -0.25) is 4.79 Å². The Labute approximate surface area is 160 Å². The van der Waals surface area contributed by atoms with Gasteiger partial charge in [0.25, 0.3) is 5.91 Å². The quantitative estimate of drug-likeness (QED) is 0.819. The summed E-state index contributed by atoms with van der Waals surface area (Å²) in [6.07, 6.45) is 4.36. The lowest BCUT2D eigenvalue weighted by molar-refractivity contribution is 0.0862. The van der Waals surface area contributed by atoms with Crippen LogP contribution in [0.4, 0.5) is 0 Å². The number of benzene rings is 1. The van der Waals surface area contributed by atoms with Crippen molar-refractivity contribution < 1.29 is 9.90 Å². The Balaban J connectivity index is 1.54. The molecule has 3 rings (SSSR count). The van der Waals surface area contributed by atoms with Crippen molar-refractivity contribution >= 4 is 5.91 Å². The summed E-state index contributed by atoms with van der Waals surface area (Å²) in [6, 6.07) is 11.1. The highest BCUT2D eigenvalue weighted by Gasteiger charge is 2.15. The van der Waals surface area contributed by atoms with Crippen LogP contribution in [-0.2, 0) is 0 Å². The maximum atomic E-state index is 12.5. The van der Waals surface area contributed by atoms with Crippen LogP contribution in [0.1, 0.15) is 41.7 Å². The van der Waals surface area contributed by atoms with Crippen LogP contribution in [-0.4, -0.2) is 58.4 Å². The molecule has 0 radical (unpaired) electrons. The van der Waals surface area contributed by atoms with E-state index in [0.29, 0.717) is 12.1 Å². The summed E-state index contributed by atoms with van der Waals surface area (Å²) < 4.78 is 0. The normalized spacial score (nSPS) is 16.5. The van der Waals surface area contributed by atoms with E-state index < -0.39 is 6.10 Å². The van der Waals surface area contributed by atoms with Gasteiger partial charge < -0.3 is 15.3 Å². The van der Waals surface area contributed by atoms with E-state index in [1.54, 1.807) is 12.1 Å². The molecule has 1 aromatic carbocycles. The Kier molecular flexibility index (Phi) is 6.90. The third-order valence-corrected chi connectivity index (χ3v) is 4.88. The second-order valence-electron chi connectivity index (χ2n) is 7.22. The molecule has 1 atom stereocenters. The number of nitrogens with zero attached hydrogens (tertiary/aromatic N) is 3. The number of aryl methyl sites for hydroxylation is 1. The second-order valence-corrected chi connectivity index (χ2v) is 7.22. The average Bonchev–Trinajstić information content (AvgIpc) is 2.95. The van der Waals surface area contributed by atoms with Crippen LogP contribution in [0.2, 0.25) is 0 Å². The van der Waals surface area contributed by atoms with Gasteiger partial charge in [-0.25, -0.2) is 0 Å². The predicted octanol–water partition coefficient (Wildman–Crippen LogP) is 2.42. The number of hydrogen-bond donors (Lipinski definition) is 2. The van der Waals surface area contributed by atoms with Gasteiger partial charge in [0.1, 0.15) is 0 Å². The van der Waals surface area contributed by atoms with Gasteiger partial charge in [0, 0.05) is 24.2 Å². The number of amides is 1. The topological polar surface area (TPSA) is 78.4 Å². The summed E-state index contributed by atoms with van der Waals surface area (Å²) in [7, 11) is 0. The van der Waals surface area contributed by atoms with Gasteiger partial charge in [-0.2, -0.15) is 10.2 Å². The van der Waals surface area contributed by atoms with Crippen molar-refractivity contribution in [3.8, 4) is 11.3 Å². The largest absolute Gasteiger partial charge is 0.390 e. The minimum absolute atomic E-state index is 0.188. The van der Waals surface area contributed by atoms with Crippen LogP contribution < -0.4 is 5.32 Å². The fourth-order valence-electron chi connectivity index (χ4n) is 3.37. The lowest BCUT2D eigenvalue weighted by Gasteiger charge is -2.23. The first-order valence-electron chi connectivity index (χ1n) is 9.71. The van der Waals surface area contributed by atoms with E-state index in [0.717, 1.165) is 30.0 Å². The Morgan fingerprint density at radius 2 is 1.93 bits per heavy atom. The zero-order chi connectivity index (χ0) is 19.1. The molecule has 0 spiro atoms. The first kappa shape index (κ1) is 19.5. The molecule has 6 nitrogen and oxygen atoms in total. The summed E-state index contributed by atoms with van der Waals surface area (Å²) in [5, 5.41) is 21.3. The number of aromatic nitrogens is 2. The first-order valence-corrected chi connectivity index (χ1v) is 9.71. The molecule has 27 heavy (non-hydrogen) atoms. The summed E-state index contributed by atoms with van der Waals surface area (Å²) in [5.74, 6) is -0.188. The van der Waals surface area contributed by atoms with E-state index in [1.165, 1.54) is 25.7 Å². The van der Waals surface area contributed by atoms with E-state index >= 15 is 0 Å². The summed E-state index contributed by atoms with van der Waals surface area (Å²) in [6.45, 7) is 4.82. The Morgan fingerprint density at radius 3 is 2.63 bits per heavy atom. The predicted molar refractivity (Wildman–Crippen MR) is 105 cm³/mol. The fraction of sp³-hybridized carbons (Fsp3) is 0.476. The number of aliphatic hydroxyl groups excluding tert-OH is 1. The number of aliphatic hydroxyl groups is 1. The van der Waals surface area contributed by atoms with Crippen molar-refractivity contribution in [2.75, 3.05) is 26.2 Å². The average molecular weight is 368 g/mol. The molecule has 1 aliphatic rings. The van der Waals surface area contributed by atoms with Crippen molar-refractivity contribution in [2.24, 2.45) is 0 Å². The van der Waals surface area contributed by atoms with Gasteiger partial charge in [0.05, 0.1) is 17.5 Å². The van der Waals surface area contributed by atoms with Crippen molar-refractivity contribution in [3.05, 3.63) is 47.7 Å². The van der Waals surface area contributed by atoms with Gasteiger partial charge >= 0.3 is 0 Å². The maximum absolute atomic E-state index is 12.5. The fourth-order valence-corrected chi connectivity index (χ4v) is 3.37. The molecule has 1 fully saturated rings. The molecule has 1 saturated heterocycles. The van der Waals surface area contributed by atoms with E-state index in [-0.39, 0.29) is 12.5 Å². The standard InChI is InChI=1S/C21H28N4O2/c1-16-9-10-20(24-23-16)17-7-6-8-18(13-17)21(27)22-14-19(26)15-25-11-4-2-3-5-12-25/h6-10,13,19,26H,2-5,11-12,14-15H2,1H3,(H,22,27). The van der Waals surface area contributed by atoms with Crippen LogP contribution in [0.3, 0.4) is 0 Å². The minimum atomic E-state index is -0.557. The van der Waals surface area contributed by atoms with Gasteiger partial charge in [0.2, 0.25) is 0 Å². The number of nitrogens with one attached hydrogen (secondary N) is 1. The second kappa shape index (κ2) is 9.58. The van der Waals surface area contributed by atoms with Gasteiger partial charge in [-0.1, -0.05) is 25.0 Å². The maximum Gasteiger partial charge on any atom is 0.251 e. The van der Waals surface area contributed by atoms with Crippen molar-refractivity contribution in [3.63, 3.8) is 0 Å². The first-order chi connectivity index (χ1) is 13.1. The molecule has 0 bridgehead atoms. The number of β-amino-alcohol motifs (C(OH)–C–C–N with tert-alkyl or cyclic N) is 1. The van der Waals surface area contributed by atoms with E-state index in [2.05, 4.69) is 20.4 Å². The number of likely N-dealkylation sites (tertiary alicyclic amines) is 1. The highest BCUT2D eigenvalue weighted by atomic mass is 16.3. The number of carbonyl (C=O) groups is 1. The number of rotatable bonds is 6. The zero-order valence-corrected chi connectivity index (χ0v) is 15.9. The van der Waals surface area contributed by atoms with Crippen LogP contribution in [0.15, 0.2) is 36.4 Å². The Bertz CT molecular complexity index is 740. The van der Waals surface area contributed by atoms with Gasteiger partial charge in [-0.15, -0.1) is 0 Å². The summed E-state index contributed by atoms with van der Waals surface area (Å²) in [4.78, 5) is 14.8. The van der Waals surface area contributed by atoms with Crippen molar-refractivity contribution in [1.29, 1.82) is 0 Å². The zero-order valence-electron chi connectivity index (χ0n) is 15.9. The third kappa shape index (κ3) is 5.84. The molecule has 144 valence electrons. The lowest BCUT2D eigenvalue weighted by atomic mass is 10.1. The number of carbonyl (C=O) groups excluding carboxylic acids is 1. The Morgan fingerprint density at radius 1 is 1.15 bits per heavy atom. The third-order valence-electron chi connectivity index (χ3n) is 4.88. The molecular formula is C21H28N4O2. The molecule has 1 aliphatic heterocycles. The Hall–Kier alpha value is -2.31. The highest BCUT2D eigenvalue weighted by Crippen LogP contribution is 2.17. The minimum Gasteiger partial charge on any atom is -0.390 e. The van der Waals surface area contributed by atoms with Crippen LogP contribution in [0, 0.1) is 6.92 Å². The molecule has 1 unspecified atom stereocenters. The van der Waals surface area contributed by atoms with E-state index in [1.807, 2.05) is 31.2 Å². The van der Waals surface area contributed by atoms with Crippen LogP contribution >= 0.6 is 0 Å². The molecule has 2 heterocycles. The van der Waals surface area contributed by atoms with Gasteiger partial charge in [-0.05, 0) is 57.1 Å². The van der Waals surface area contributed by atoms with E-state index in [9.17, 15) is 9.90 Å². The van der Waals surface area contributed by atoms with Gasteiger partial charge in [0.15, 0.2) is 0 Å². The lowest BCUT2D eigenvalue weighted by Crippen LogP contribution is -2.40. The SMILES string of the molecule is Cc1ccc(-c2cccc(C(=O)NCC(O)CN3CCCCCC3)c2)nn1. The monoisotopic (exact) mass is 368 g/mol. The molecule has 2 N–H and O–H groups in total. The van der Waals surface area contributed by atoms with Crippen molar-refractivity contribution in [2.45, 2.75) is 38.7 Å². The molecule has 0 aliphatic carbocycles.